The van der Waals surface area contributed by atoms with Gasteiger partial charge in [0, 0.05) is 20.2 Å². The maximum atomic E-state index is 12.5. The number of rotatable bonds is 7. The second-order valence-electron chi connectivity index (χ2n) is 3.91. The molecule has 0 aliphatic rings. The number of ether oxygens (including phenoxy) is 1. The smallest absolute Gasteiger partial charge is 0.243 e. The molecule has 0 radical (unpaired) electrons. The topological polar surface area (TPSA) is 46.6 Å². The number of hydrogen-bond acceptors (Lipinski definition) is 3. The van der Waals surface area contributed by atoms with E-state index in [0.29, 0.717) is 18.0 Å². The zero-order valence-electron chi connectivity index (χ0n) is 10.8. The van der Waals surface area contributed by atoms with E-state index in [2.05, 4.69) is 6.58 Å². The molecular formula is C13H19NO3S. The van der Waals surface area contributed by atoms with Crippen molar-refractivity contribution in [2.75, 3.05) is 26.8 Å². The van der Waals surface area contributed by atoms with Crippen molar-refractivity contribution >= 4 is 10.0 Å². The van der Waals surface area contributed by atoms with E-state index in [1.807, 2.05) is 6.07 Å². The molecule has 5 heteroatoms. The van der Waals surface area contributed by atoms with Crippen LogP contribution in [-0.4, -0.2) is 39.5 Å². The van der Waals surface area contributed by atoms with E-state index in [9.17, 15) is 8.42 Å². The highest BCUT2D eigenvalue weighted by Crippen LogP contribution is 2.19. The summed E-state index contributed by atoms with van der Waals surface area (Å²) in [6.07, 6.45) is 1.57. The lowest BCUT2D eigenvalue weighted by Crippen LogP contribution is -2.34. The number of hydrogen-bond donors (Lipinski definition) is 0. The van der Waals surface area contributed by atoms with E-state index in [-0.39, 0.29) is 6.54 Å². The Hall–Kier alpha value is -1.17. The second-order valence-corrected chi connectivity index (χ2v) is 5.82. The molecule has 1 aromatic carbocycles. The molecule has 0 unspecified atom stereocenters. The molecule has 0 fully saturated rings. The van der Waals surface area contributed by atoms with Crippen LogP contribution in [0.1, 0.15) is 5.56 Å². The van der Waals surface area contributed by atoms with E-state index in [0.717, 1.165) is 5.56 Å². The zero-order chi connectivity index (χ0) is 13.6. The van der Waals surface area contributed by atoms with Crippen LogP contribution in [0.15, 0.2) is 41.8 Å². The molecule has 1 aromatic rings. The van der Waals surface area contributed by atoms with E-state index >= 15 is 0 Å². The molecule has 0 spiro atoms. The Morgan fingerprint density at radius 1 is 1.39 bits per heavy atom. The number of benzene rings is 1. The summed E-state index contributed by atoms with van der Waals surface area (Å²) in [5.41, 5.74) is 0.740. The Morgan fingerprint density at radius 3 is 2.61 bits per heavy atom. The van der Waals surface area contributed by atoms with Crippen molar-refractivity contribution in [1.82, 2.24) is 4.31 Å². The molecule has 0 aliphatic carbocycles. The molecule has 0 amide bonds. The maximum Gasteiger partial charge on any atom is 0.243 e. The highest BCUT2D eigenvalue weighted by molar-refractivity contribution is 7.89. The van der Waals surface area contributed by atoms with Gasteiger partial charge in [-0.15, -0.1) is 6.58 Å². The van der Waals surface area contributed by atoms with Gasteiger partial charge in [0.05, 0.1) is 11.5 Å². The van der Waals surface area contributed by atoms with Crippen LogP contribution in [0.5, 0.6) is 0 Å². The minimum atomic E-state index is -3.48. The summed E-state index contributed by atoms with van der Waals surface area (Å²) in [4.78, 5) is 0.336. The van der Waals surface area contributed by atoms with Crippen molar-refractivity contribution in [2.24, 2.45) is 0 Å². The normalized spacial score (nSPS) is 11.7. The first-order valence-electron chi connectivity index (χ1n) is 5.69. The van der Waals surface area contributed by atoms with Crippen LogP contribution in [0, 0.1) is 6.92 Å². The monoisotopic (exact) mass is 269 g/mol. The molecule has 100 valence electrons. The Morgan fingerprint density at radius 2 is 2.06 bits per heavy atom. The SMILES string of the molecule is C=CCN(CCOC)S(=O)(=O)c1ccccc1C. The molecule has 0 aromatic heterocycles. The van der Waals surface area contributed by atoms with Crippen molar-refractivity contribution in [3.05, 3.63) is 42.5 Å². The summed E-state index contributed by atoms with van der Waals surface area (Å²) in [6, 6.07) is 6.95. The number of sulfonamides is 1. The van der Waals surface area contributed by atoms with Crippen molar-refractivity contribution in [2.45, 2.75) is 11.8 Å². The van der Waals surface area contributed by atoms with Gasteiger partial charge in [0.15, 0.2) is 0 Å². The Labute approximate surface area is 109 Å². The molecule has 0 atom stereocenters. The average Bonchev–Trinajstić information content (AvgIpc) is 2.34. The molecule has 1 rings (SSSR count). The second kappa shape index (κ2) is 6.68. The predicted molar refractivity (Wildman–Crippen MR) is 72.0 cm³/mol. The van der Waals surface area contributed by atoms with Crippen molar-refractivity contribution < 1.29 is 13.2 Å². The van der Waals surface area contributed by atoms with Crippen molar-refractivity contribution in [3.8, 4) is 0 Å². The molecule has 0 bridgehead atoms. The highest BCUT2D eigenvalue weighted by atomic mass is 32.2. The van der Waals surface area contributed by atoms with Crippen molar-refractivity contribution in [3.63, 3.8) is 0 Å². The molecular weight excluding hydrogens is 250 g/mol. The van der Waals surface area contributed by atoms with Gasteiger partial charge in [-0.1, -0.05) is 24.3 Å². The summed E-state index contributed by atoms with van der Waals surface area (Å²) >= 11 is 0. The van der Waals surface area contributed by atoms with Crippen molar-refractivity contribution in [1.29, 1.82) is 0 Å². The largest absolute Gasteiger partial charge is 0.383 e. The van der Waals surface area contributed by atoms with E-state index < -0.39 is 10.0 Å². The summed E-state index contributed by atoms with van der Waals surface area (Å²) in [6.45, 7) is 6.33. The molecule has 0 N–H and O–H groups in total. The third kappa shape index (κ3) is 3.41. The first-order valence-corrected chi connectivity index (χ1v) is 7.13. The van der Waals surface area contributed by atoms with Crippen LogP contribution in [0.3, 0.4) is 0 Å². The maximum absolute atomic E-state index is 12.5. The van der Waals surface area contributed by atoms with Gasteiger partial charge in [-0.05, 0) is 18.6 Å². The first-order chi connectivity index (χ1) is 8.54. The Balaban J connectivity index is 3.08. The molecule has 0 saturated heterocycles. The Kier molecular flexibility index (Phi) is 5.53. The summed E-state index contributed by atoms with van der Waals surface area (Å²) in [5, 5.41) is 0. The zero-order valence-corrected chi connectivity index (χ0v) is 11.6. The lowest BCUT2D eigenvalue weighted by Gasteiger charge is -2.21. The fourth-order valence-corrected chi connectivity index (χ4v) is 3.25. The molecule has 18 heavy (non-hydrogen) atoms. The lowest BCUT2D eigenvalue weighted by molar-refractivity contribution is 0.182. The van der Waals surface area contributed by atoms with Gasteiger partial charge < -0.3 is 4.74 Å². The Bertz CT molecular complexity index is 497. The number of aryl methyl sites for hydroxylation is 1. The summed E-state index contributed by atoms with van der Waals surface area (Å²) in [7, 11) is -1.94. The van der Waals surface area contributed by atoms with Gasteiger partial charge in [-0.25, -0.2) is 8.42 Å². The van der Waals surface area contributed by atoms with Crippen LogP contribution < -0.4 is 0 Å². The third-order valence-corrected chi connectivity index (χ3v) is 4.61. The van der Waals surface area contributed by atoms with Gasteiger partial charge in [0.25, 0.3) is 0 Å². The van der Waals surface area contributed by atoms with E-state index in [4.69, 9.17) is 4.74 Å². The molecule has 4 nitrogen and oxygen atoms in total. The van der Waals surface area contributed by atoms with Gasteiger partial charge in [0.2, 0.25) is 10.0 Å². The van der Waals surface area contributed by atoms with Crippen LogP contribution in [0.2, 0.25) is 0 Å². The summed E-state index contributed by atoms with van der Waals surface area (Å²) in [5.74, 6) is 0. The van der Waals surface area contributed by atoms with Crippen LogP contribution in [0.4, 0.5) is 0 Å². The standard InChI is InChI=1S/C13H19NO3S/c1-4-9-14(10-11-17-3)18(15,16)13-8-6-5-7-12(13)2/h4-8H,1,9-11H2,2-3H3. The van der Waals surface area contributed by atoms with Gasteiger partial charge in [-0.3, -0.25) is 0 Å². The lowest BCUT2D eigenvalue weighted by atomic mass is 10.2. The molecule has 0 saturated carbocycles. The van der Waals surface area contributed by atoms with Gasteiger partial charge in [0.1, 0.15) is 0 Å². The average molecular weight is 269 g/mol. The number of nitrogens with zero attached hydrogens (tertiary/aromatic N) is 1. The van der Waals surface area contributed by atoms with Crippen LogP contribution >= 0.6 is 0 Å². The minimum Gasteiger partial charge on any atom is -0.383 e. The summed E-state index contributed by atoms with van der Waals surface area (Å²) < 4.78 is 31.2. The fourth-order valence-electron chi connectivity index (χ4n) is 1.63. The fraction of sp³-hybridized carbons (Fsp3) is 0.385. The van der Waals surface area contributed by atoms with E-state index in [1.165, 1.54) is 4.31 Å². The first kappa shape index (κ1) is 14.9. The van der Waals surface area contributed by atoms with E-state index in [1.54, 1.807) is 38.3 Å². The third-order valence-electron chi connectivity index (χ3n) is 2.59. The highest BCUT2D eigenvalue weighted by Gasteiger charge is 2.24. The molecule has 0 aliphatic heterocycles. The minimum absolute atomic E-state index is 0.278. The van der Waals surface area contributed by atoms with Crippen LogP contribution in [-0.2, 0) is 14.8 Å². The van der Waals surface area contributed by atoms with Crippen LogP contribution in [0.25, 0.3) is 0 Å². The van der Waals surface area contributed by atoms with Gasteiger partial charge >= 0.3 is 0 Å². The van der Waals surface area contributed by atoms with Gasteiger partial charge in [-0.2, -0.15) is 4.31 Å². The quantitative estimate of drug-likeness (QED) is 0.709. The number of methoxy groups -OCH3 is 1. The predicted octanol–water partition coefficient (Wildman–Crippen LogP) is 1.82. The molecule has 0 heterocycles.